The lowest BCUT2D eigenvalue weighted by Crippen LogP contribution is -2.49. The van der Waals surface area contributed by atoms with Gasteiger partial charge >= 0.3 is 12.0 Å². The van der Waals surface area contributed by atoms with E-state index in [1.54, 1.807) is 0 Å². The smallest absolute Gasteiger partial charge is 0.318 e. The summed E-state index contributed by atoms with van der Waals surface area (Å²) in [4.78, 5) is 35.8. The summed E-state index contributed by atoms with van der Waals surface area (Å²) in [5.41, 5.74) is -0.346. The maximum atomic E-state index is 11.9. The number of nitrogens with one attached hydrogen (secondary N) is 2. The maximum absolute atomic E-state index is 11.9. The topological polar surface area (TPSA) is 98.7 Å². The van der Waals surface area contributed by atoms with Gasteiger partial charge in [0.2, 0.25) is 5.91 Å². The minimum atomic E-state index is -0.917. The molecule has 1 aliphatic rings. The van der Waals surface area contributed by atoms with E-state index in [1.165, 1.54) is 4.90 Å². The first-order chi connectivity index (χ1) is 9.19. The van der Waals surface area contributed by atoms with Crippen molar-refractivity contribution in [2.24, 2.45) is 0 Å². The normalized spacial score (nSPS) is 18.8. The minimum absolute atomic E-state index is 0.0540. The number of hydrogen-bond acceptors (Lipinski definition) is 3. The van der Waals surface area contributed by atoms with Crippen LogP contribution in [0.5, 0.6) is 0 Å². The van der Waals surface area contributed by atoms with E-state index in [-0.39, 0.29) is 36.5 Å². The average molecular weight is 285 g/mol. The fraction of sp³-hybridized carbons (Fsp3) is 0.769. The third-order valence-electron chi connectivity index (χ3n) is 2.96. The summed E-state index contributed by atoms with van der Waals surface area (Å²) in [6, 6.07) is -0.656. The van der Waals surface area contributed by atoms with Crippen LogP contribution < -0.4 is 10.6 Å². The van der Waals surface area contributed by atoms with Crippen LogP contribution in [-0.4, -0.2) is 52.6 Å². The highest BCUT2D eigenvalue weighted by Crippen LogP contribution is 2.19. The molecule has 1 atom stereocenters. The van der Waals surface area contributed by atoms with Gasteiger partial charge in [0.1, 0.15) is 0 Å². The molecule has 0 aromatic rings. The molecule has 0 spiro atoms. The minimum Gasteiger partial charge on any atom is -0.481 e. The van der Waals surface area contributed by atoms with Gasteiger partial charge in [-0.2, -0.15) is 0 Å². The Balaban J connectivity index is 2.42. The Hall–Kier alpha value is -1.79. The molecule has 0 saturated carbocycles. The van der Waals surface area contributed by atoms with E-state index in [2.05, 4.69) is 10.6 Å². The zero-order chi connectivity index (χ0) is 15.3. The lowest BCUT2D eigenvalue weighted by molar-refractivity contribution is -0.138. The summed E-state index contributed by atoms with van der Waals surface area (Å²) in [7, 11) is 0. The molecule has 20 heavy (non-hydrogen) atoms. The van der Waals surface area contributed by atoms with Crippen LogP contribution in [0.25, 0.3) is 0 Å². The molecule has 1 aliphatic heterocycles. The van der Waals surface area contributed by atoms with Gasteiger partial charge < -0.3 is 20.6 Å². The Kier molecular flexibility index (Phi) is 5.35. The van der Waals surface area contributed by atoms with Crippen LogP contribution in [0.3, 0.4) is 0 Å². The lowest BCUT2D eigenvalue weighted by Gasteiger charge is -2.24. The van der Waals surface area contributed by atoms with Gasteiger partial charge in [-0.1, -0.05) is 0 Å². The summed E-state index contributed by atoms with van der Waals surface area (Å²) in [6.45, 7) is 6.00. The number of rotatable bonds is 4. The molecule has 7 heteroatoms. The Morgan fingerprint density at radius 2 is 1.95 bits per heavy atom. The number of amides is 3. The number of carbonyl (C=O) groups excluding carboxylic acids is 2. The number of hydrogen-bond donors (Lipinski definition) is 3. The van der Waals surface area contributed by atoms with Gasteiger partial charge in [-0.25, -0.2) is 4.79 Å². The molecular formula is C13H23N3O4. The first-order valence-electron chi connectivity index (χ1n) is 6.76. The van der Waals surface area contributed by atoms with Gasteiger partial charge in [0, 0.05) is 18.1 Å². The summed E-state index contributed by atoms with van der Waals surface area (Å²) < 4.78 is 0. The van der Waals surface area contributed by atoms with Crippen molar-refractivity contribution in [3.63, 3.8) is 0 Å². The van der Waals surface area contributed by atoms with Crippen molar-refractivity contribution >= 4 is 17.9 Å². The standard InChI is InChI=1S/C13H23N3O4/c1-13(2,3)15-10(17)8-14-12(20)16-6-4-5-9(16)7-11(18)19/h9H,4-8H2,1-3H3,(H,14,20)(H,15,17)(H,18,19). The molecule has 0 radical (unpaired) electrons. The van der Waals surface area contributed by atoms with Crippen LogP contribution >= 0.6 is 0 Å². The van der Waals surface area contributed by atoms with Crippen LogP contribution in [0.4, 0.5) is 4.79 Å². The number of likely N-dealkylation sites (tertiary alicyclic amines) is 1. The highest BCUT2D eigenvalue weighted by molar-refractivity contribution is 5.84. The van der Waals surface area contributed by atoms with Gasteiger partial charge in [-0.3, -0.25) is 9.59 Å². The van der Waals surface area contributed by atoms with Gasteiger partial charge in [0.25, 0.3) is 0 Å². The molecule has 1 unspecified atom stereocenters. The van der Waals surface area contributed by atoms with Crippen molar-refractivity contribution < 1.29 is 19.5 Å². The number of carboxylic acid groups (broad SMARTS) is 1. The third-order valence-corrected chi connectivity index (χ3v) is 2.96. The highest BCUT2D eigenvalue weighted by atomic mass is 16.4. The number of carboxylic acids is 1. The van der Waals surface area contributed by atoms with Crippen LogP contribution in [-0.2, 0) is 9.59 Å². The summed E-state index contributed by atoms with van der Waals surface area (Å²) in [6.07, 6.45) is 1.43. The van der Waals surface area contributed by atoms with Crippen LogP contribution in [0.15, 0.2) is 0 Å². The van der Waals surface area contributed by atoms with E-state index in [1.807, 2.05) is 20.8 Å². The predicted molar refractivity (Wildman–Crippen MR) is 73.3 cm³/mol. The molecule has 0 aliphatic carbocycles. The van der Waals surface area contributed by atoms with Crippen molar-refractivity contribution in [1.82, 2.24) is 15.5 Å². The second kappa shape index (κ2) is 6.58. The fourth-order valence-electron chi connectivity index (χ4n) is 2.24. The van der Waals surface area contributed by atoms with Gasteiger partial charge in [0.15, 0.2) is 0 Å². The fourth-order valence-corrected chi connectivity index (χ4v) is 2.24. The van der Waals surface area contributed by atoms with Gasteiger partial charge in [-0.05, 0) is 33.6 Å². The number of carbonyl (C=O) groups is 3. The first kappa shape index (κ1) is 16.3. The zero-order valence-corrected chi connectivity index (χ0v) is 12.2. The van der Waals surface area contributed by atoms with E-state index < -0.39 is 5.97 Å². The maximum Gasteiger partial charge on any atom is 0.318 e. The Bertz CT molecular complexity index is 390. The number of nitrogens with zero attached hydrogens (tertiary/aromatic N) is 1. The second-order valence-corrected chi connectivity index (χ2v) is 6.04. The van der Waals surface area contributed by atoms with Crippen molar-refractivity contribution in [3.8, 4) is 0 Å². The Morgan fingerprint density at radius 3 is 2.50 bits per heavy atom. The first-order valence-corrected chi connectivity index (χ1v) is 6.76. The largest absolute Gasteiger partial charge is 0.481 e. The molecule has 114 valence electrons. The van der Waals surface area contributed by atoms with Crippen molar-refractivity contribution in [2.75, 3.05) is 13.1 Å². The number of urea groups is 1. The van der Waals surface area contributed by atoms with E-state index in [9.17, 15) is 14.4 Å². The van der Waals surface area contributed by atoms with Crippen LogP contribution in [0.1, 0.15) is 40.0 Å². The van der Waals surface area contributed by atoms with Crippen molar-refractivity contribution in [2.45, 2.75) is 51.6 Å². The predicted octanol–water partition coefficient (Wildman–Crippen LogP) is 0.550. The highest BCUT2D eigenvalue weighted by Gasteiger charge is 2.30. The summed E-state index contributed by atoms with van der Waals surface area (Å²) >= 11 is 0. The molecule has 1 fully saturated rings. The second-order valence-electron chi connectivity index (χ2n) is 6.04. The zero-order valence-electron chi connectivity index (χ0n) is 12.2. The van der Waals surface area contributed by atoms with Crippen molar-refractivity contribution in [1.29, 1.82) is 0 Å². The molecule has 0 bridgehead atoms. The van der Waals surface area contributed by atoms with Gasteiger partial charge in [-0.15, -0.1) is 0 Å². The molecular weight excluding hydrogens is 262 g/mol. The summed E-state index contributed by atoms with van der Waals surface area (Å²) in [5.74, 6) is -1.18. The Labute approximate surface area is 118 Å². The number of aliphatic carboxylic acids is 1. The van der Waals surface area contributed by atoms with Crippen molar-refractivity contribution in [3.05, 3.63) is 0 Å². The summed E-state index contributed by atoms with van der Waals surface area (Å²) in [5, 5.41) is 14.1. The third kappa shape index (κ3) is 5.46. The van der Waals surface area contributed by atoms with E-state index in [0.717, 1.165) is 6.42 Å². The van der Waals surface area contributed by atoms with E-state index >= 15 is 0 Å². The average Bonchev–Trinajstić information content (AvgIpc) is 2.70. The molecule has 1 saturated heterocycles. The molecule has 1 heterocycles. The molecule has 3 N–H and O–H groups in total. The quantitative estimate of drug-likeness (QED) is 0.702. The Morgan fingerprint density at radius 1 is 1.30 bits per heavy atom. The molecule has 3 amide bonds. The van der Waals surface area contributed by atoms with Gasteiger partial charge in [0.05, 0.1) is 13.0 Å². The lowest BCUT2D eigenvalue weighted by atomic mass is 10.1. The molecule has 0 aromatic carbocycles. The van der Waals surface area contributed by atoms with E-state index in [0.29, 0.717) is 13.0 Å². The van der Waals surface area contributed by atoms with Crippen LogP contribution in [0.2, 0.25) is 0 Å². The SMILES string of the molecule is CC(C)(C)NC(=O)CNC(=O)N1CCCC1CC(=O)O. The molecule has 0 aromatic heterocycles. The molecule has 7 nitrogen and oxygen atoms in total. The van der Waals surface area contributed by atoms with Crippen LogP contribution in [0, 0.1) is 0 Å². The monoisotopic (exact) mass is 285 g/mol. The molecule has 1 rings (SSSR count). The van der Waals surface area contributed by atoms with E-state index in [4.69, 9.17) is 5.11 Å².